The molecule has 60 valence electrons. The summed E-state index contributed by atoms with van der Waals surface area (Å²) in [6.45, 7) is 0. The third-order valence-electron chi connectivity index (χ3n) is 1.66. The van der Waals surface area contributed by atoms with Gasteiger partial charge in [0, 0.05) is 15.2 Å². The SMILES string of the molecule is Oc1cc(I)cc2ncccc12. The van der Waals surface area contributed by atoms with Crippen molar-refractivity contribution in [2.75, 3.05) is 0 Å². The number of halogens is 1. The number of rotatable bonds is 0. The predicted octanol–water partition coefficient (Wildman–Crippen LogP) is 2.54. The molecule has 0 unspecified atom stereocenters. The van der Waals surface area contributed by atoms with Crippen LogP contribution in [0.2, 0.25) is 0 Å². The lowest BCUT2D eigenvalue weighted by atomic mass is 10.2. The van der Waals surface area contributed by atoms with Gasteiger partial charge in [0.05, 0.1) is 5.52 Å². The van der Waals surface area contributed by atoms with Gasteiger partial charge in [-0.2, -0.15) is 0 Å². The number of hydrogen-bond donors (Lipinski definition) is 1. The zero-order valence-corrected chi connectivity index (χ0v) is 8.32. The summed E-state index contributed by atoms with van der Waals surface area (Å²) >= 11 is 2.15. The van der Waals surface area contributed by atoms with Crippen LogP contribution in [0.5, 0.6) is 5.75 Å². The number of benzene rings is 1. The second-order valence-electron chi connectivity index (χ2n) is 2.50. The van der Waals surface area contributed by atoms with Crippen molar-refractivity contribution in [2.45, 2.75) is 0 Å². The predicted molar refractivity (Wildman–Crippen MR) is 56.1 cm³/mol. The Kier molecular flexibility index (Phi) is 1.88. The molecule has 1 N–H and O–H groups in total. The zero-order chi connectivity index (χ0) is 8.55. The summed E-state index contributed by atoms with van der Waals surface area (Å²) in [6, 6.07) is 7.34. The fraction of sp³-hybridized carbons (Fsp3) is 0. The minimum absolute atomic E-state index is 0.296. The molecule has 0 spiro atoms. The standard InChI is InChI=1S/C9H6INO/c10-6-4-8-7(9(12)5-6)2-1-3-11-8/h1-5,12H. The minimum Gasteiger partial charge on any atom is -0.507 e. The number of aromatic hydroxyl groups is 1. The lowest BCUT2D eigenvalue weighted by Gasteiger charge is -1.99. The van der Waals surface area contributed by atoms with Gasteiger partial charge in [0.2, 0.25) is 0 Å². The Bertz CT molecular complexity index is 428. The maximum atomic E-state index is 9.51. The molecule has 1 aromatic carbocycles. The molecule has 0 amide bonds. The van der Waals surface area contributed by atoms with Gasteiger partial charge in [-0.1, -0.05) is 0 Å². The third-order valence-corrected chi connectivity index (χ3v) is 2.29. The van der Waals surface area contributed by atoms with Gasteiger partial charge in [0.25, 0.3) is 0 Å². The molecule has 1 heterocycles. The molecular formula is C9H6INO. The van der Waals surface area contributed by atoms with Crippen molar-refractivity contribution in [3.8, 4) is 5.75 Å². The highest BCUT2D eigenvalue weighted by Crippen LogP contribution is 2.25. The first kappa shape index (κ1) is 7.79. The van der Waals surface area contributed by atoms with E-state index < -0.39 is 0 Å². The first-order valence-electron chi connectivity index (χ1n) is 3.50. The molecule has 0 saturated carbocycles. The van der Waals surface area contributed by atoms with E-state index >= 15 is 0 Å². The quantitative estimate of drug-likeness (QED) is 0.747. The van der Waals surface area contributed by atoms with E-state index in [4.69, 9.17) is 0 Å². The van der Waals surface area contributed by atoms with Crippen LogP contribution < -0.4 is 0 Å². The highest BCUT2D eigenvalue weighted by molar-refractivity contribution is 14.1. The van der Waals surface area contributed by atoms with Crippen molar-refractivity contribution >= 4 is 33.5 Å². The van der Waals surface area contributed by atoms with Gasteiger partial charge in [0.15, 0.2) is 0 Å². The van der Waals surface area contributed by atoms with Crippen LogP contribution in [0, 0.1) is 3.57 Å². The Labute approximate surface area is 83.4 Å². The fourth-order valence-corrected chi connectivity index (χ4v) is 1.72. The van der Waals surface area contributed by atoms with Crippen LogP contribution in [0.1, 0.15) is 0 Å². The Morgan fingerprint density at radius 2 is 2.17 bits per heavy atom. The molecule has 0 aliphatic heterocycles. The number of nitrogens with zero attached hydrogens (tertiary/aromatic N) is 1. The van der Waals surface area contributed by atoms with E-state index in [1.54, 1.807) is 12.3 Å². The summed E-state index contributed by atoms with van der Waals surface area (Å²) in [5.74, 6) is 0.296. The van der Waals surface area contributed by atoms with Crippen molar-refractivity contribution < 1.29 is 5.11 Å². The maximum Gasteiger partial charge on any atom is 0.126 e. The van der Waals surface area contributed by atoms with Gasteiger partial charge in [-0.15, -0.1) is 0 Å². The first-order valence-corrected chi connectivity index (χ1v) is 4.58. The molecule has 12 heavy (non-hydrogen) atoms. The maximum absolute atomic E-state index is 9.51. The highest BCUT2D eigenvalue weighted by atomic mass is 127. The second kappa shape index (κ2) is 2.90. The molecule has 2 aromatic rings. The topological polar surface area (TPSA) is 33.1 Å². The lowest BCUT2D eigenvalue weighted by molar-refractivity contribution is 0.481. The van der Waals surface area contributed by atoms with Crippen LogP contribution in [0.15, 0.2) is 30.5 Å². The van der Waals surface area contributed by atoms with Crippen LogP contribution in [-0.4, -0.2) is 10.1 Å². The summed E-state index contributed by atoms with van der Waals surface area (Å²) in [4.78, 5) is 4.14. The normalized spacial score (nSPS) is 10.4. The van der Waals surface area contributed by atoms with Gasteiger partial charge in [-0.05, 0) is 46.9 Å². The molecular weight excluding hydrogens is 265 g/mol. The average Bonchev–Trinajstić information content (AvgIpc) is 2.04. The number of phenols is 1. The van der Waals surface area contributed by atoms with Gasteiger partial charge in [0.1, 0.15) is 5.75 Å². The van der Waals surface area contributed by atoms with E-state index in [-0.39, 0.29) is 0 Å². The molecule has 0 aliphatic carbocycles. The zero-order valence-electron chi connectivity index (χ0n) is 6.16. The molecule has 2 rings (SSSR count). The molecule has 0 saturated heterocycles. The van der Waals surface area contributed by atoms with Gasteiger partial charge >= 0.3 is 0 Å². The molecule has 0 atom stereocenters. The molecule has 0 bridgehead atoms. The van der Waals surface area contributed by atoms with E-state index in [2.05, 4.69) is 27.6 Å². The van der Waals surface area contributed by atoms with Crippen molar-refractivity contribution in [3.05, 3.63) is 34.0 Å². The van der Waals surface area contributed by atoms with Gasteiger partial charge < -0.3 is 5.11 Å². The summed E-state index contributed by atoms with van der Waals surface area (Å²) < 4.78 is 0.997. The van der Waals surface area contributed by atoms with E-state index in [9.17, 15) is 5.11 Å². The summed E-state index contributed by atoms with van der Waals surface area (Å²) in [5.41, 5.74) is 0.835. The van der Waals surface area contributed by atoms with E-state index in [0.29, 0.717) is 5.75 Å². The summed E-state index contributed by atoms with van der Waals surface area (Å²) in [7, 11) is 0. The Hall–Kier alpha value is -0.840. The van der Waals surface area contributed by atoms with E-state index in [0.717, 1.165) is 14.5 Å². The van der Waals surface area contributed by atoms with Crippen LogP contribution in [-0.2, 0) is 0 Å². The molecule has 0 radical (unpaired) electrons. The monoisotopic (exact) mass is 271 g/mol. The van der Waals surface area contributed by atoms with E-state index in [1.807, 2.05) is 18.2 Å². The molecule has 0 fully saturated rings. The van der Waals surface area contributed by atoms with Crippen molar-refractivity contribution in [1.29, 1.82) is 0 Å². The van der Waals surface area contributed by atoms with Crippen LogP contribution in [0.3, 0.4) is 0 Å². The number of aromatic nitrogens is 1. The summed E-state index contributed by atoms with van der Waals surface area (Å²) in [6.07, 6.45) is 1.72. The largest absolute Gasteiger partial charge is 0.507 e. The fourth-order valence-electron chi connectivity index (χ4n) is 1.13. The minimum atomic E-state index is 0.296. The number of pyridine rings is 1. The number of phenolic OH excluding ortho intramolecular Hbond substituents is 1. The van der Waals surface area contributed by atoms with Crippen LogP contribution >= 0.6 is 22.6 Å². The van der Waals surface area contributed by atoms with Crippen molar-refractivity contribution in [3.63, 3.8) is 0 Å². The lowest BCUT2D eigenvalue weighted by Crippen LogP contribution is -1.79. The van der Waals surface area contributed by atoms with Crippen LogP contribution in [0.25, 0.3) is 10.9 Å². The molecule has 1 aromatic heterocycles. The number of fused-ring (bicyclic) bond motifs is 1. The van der Waals surface area contributed by atoms with Gasteiger partial charge in [-0.25, -0.2) is 0 Å². The second-order valence-corrected chi connectivity index (χ2v) is 3.74. The van der Waals surface area contributed by atoms with Gasteiger partial charge in [-0.3, -0.25) is 4.98 Å². The summed E-state index contributed by atoms with van der Waals surface area (Å²) in [5, 5.41) is 10.3. The third kappa shape index (κ3) is 1.24. The van der Waals surface area contributed by atoms with Crippen molar-refractivity contribution in [2.24, 2.45) is 0 Å². The highest BCUT2D eigenvalue weighted by Gasteiger charge is 2.00. The number of hydrogen-bond acceptors (Lipinski definition) is 2. The van der Waals surface area contributed by atoms with Crippen LogP contribution in [0.4, 0.5) is 0 Å². The Balaban J connectivity index is 2.89. The molecule has 2 nitrogen and oxygen atoms in total. The molecule has 3 heteroatoms. The Morgan fingerprint density at radius 1 is 1.33 bits per heavy atom. The van der Waals surface area contributed by atoms with E-state index in [1.165, 1.54) is 0 Å². The average molecular weight is 271 g/mol. The first-order chi connectivity index (χ1) is 5.77. The smallest absolute Gasteiger partial charge is 0.126 e. The Morgan fingerprint density at radius 3 is 3.00 bits per heavy atom. The molecule has 0 aliphatic rings. The van der Waals surface area contributed by atoms with Crippen molar-refractivity contribution in [1.82, 2.24) is 4.98 Å².